The predicted octanol–water partition coefficient (Wildman–Crippen LogP) is 3.90. The normalized spacial score (nSPS) is 12.3. The van der Waals surface area contributed by atoms with Crippen LogP contribution in [-0.2, 0) is 6.42 Å². The summed E-state index contributed by atoms with van der Waals surface area (Å²) in [4.78, 5) is 0. The second kappa shape index (κ2) is 6.58. The lowest BCUT2D eigenvalue weighted by molar-refractivity contribution is 0.453. The van der Waals surface area contributed by atoms with Gasteiger partial charge in [-0.05, 0) is 50.9 Å². The van der Waals surface area contributed by atoms with Crippen molar-refractivity contribution in [2.24, 2.45) is 0 Å². The zero-order chi connectivity index (χ0) is 14.5. The highest BCUT2D eigenvalue weighted by Gasteiger charge is 2.09. The Morgan fingerprint density at radius 2 is 1.85 bits per heavy atom. The monoisotopic (exact) mass is 269 g/mol. The molecule has 0 fully saturated rings. The standard InChI is InChI=1S/C18H23NO/c1-13-8-9-18(20)17(12-13)15(3)19-11-10-16-7-5-4-6-14(16)2/h4-9,12,15,19-20H,10-11H2,1-3H3. The van der Waals surface area contributed by atoms with Crippen LogP contribution in [0.5, 0.6) is 5.75 Å². The molecule has 1 atom stereocenters. The van der Waals surface area contributed by atoms with Crippen LogP contribution < -0.4 is 5.32 Å². The Labute approximate surface area is 121 Å². The van der Waals surface area contributed by atoms with Gasteiger partial charge in [-0.2, -0.15) is 0 Å². The Balaban J connectivity index is 1.94. The smallest absolute Gasteiger partial charge is 0.120 e. The Hall–Kier alpha value is -1.80. The molecule has 0 saturated heterocycles. The number of rotatable bonds is 5. The lowest BCUT2D eigenvalue weighted by Crippen LogP contribution is -2.21. The van der Waals surface area contributed by atoms with E-state index in [0.717, 1.165) is 18.5 Å². The van der Waals surface area contributed by atoms with Gasteiger partial charge in [0, 0.05) is 11.6 Å². The van der Waals surface area contributed by atoms with Crippen LogP contribution in [0.15, 0.2) is 42.5 Å². The van der Waals surface area contributed by atoms with Crippen molar-refractivity contribution in [2.45, 2.75) is 33.2 Å². The van der Waals surface area contributed by atoms with Crippen molar-refractivity contribution in [1.29, 1.82) is 0 Å². The number of aromatic hydroxyl groups is 1. The Morgan fingerprint density at radius 3 is 2.60 bits per heavy atom. The number of phenols is 1. The SMILES string of the molecule is Cc1ccc(O)c(C(C)NCCc2ccccc2C)c1. The molecule has 0 radical (unpaired) electrons. The first kappa shape index (κ1) is 14.6. The number of aryl methyl sites for hydroxylation is 2. The van der Waals surface area contributed by atoms with Gasteiger partial charge in [-0.25, -0.2) is 0 Å². The zero-order valence-corrected chi connectivity index (χ0v) is 12.5. The number of hydrogen-bond acceptors (Lipinski definition) is 2. The van der Waals surface area contributed by atoms with E-state index in [1.165, 1.54) is 16.7 Å². The van der Waals surface area contributed by atoms with Crippen molar-refractivity contribution in [1.82, 2.24) is 5.32 Å². The van der Waals surface area contributed by atoms with E-state index in [9.17, 15) is 5.11 Å². The zero-order valence-electron chi connectivity index (χ0n) is 12.5. The van der Waals surface area contributed by atoms with Gasteiger partial charge in [0.1, 0.15) is 5.75 Å². The summed E-state index contributed by atoms with van der Waals surface area (Å²) in [6, 6.07) is 14.4. The van der Waals surface area contributed by atoms with Crippen LogP contribution in [0.1, 0.15) is 35.2 Å². The maximum Gasteiger partial charge on any atom is 0.120 e. The highest BCUT2D eigenvalue weighted by atomic mass is 16.3. The third kappa shape index (κ3) is 3.61. The molecule has 0 aromatic heterocycles. The van der Waals surface area contributed by atoms with Gasteiger partial charge in [0.25, 0.3) is 0 Å². The molecule has 0 aliphatic heterocycles. The third-order valence-corrected chi connectivity index (χ3v) is 3.76. The quantitative estimate of drug-likeness (QED) is 0.862. The molecule has 2 aromatic rings. The van der Waals surface area contributed by atoms with Gasteiger partial charge in [0.2, 0.25) is 0 Å². The van der Waals surface area contributed by atoms with Crippen LogP contribution in [0.2, 0.25) is 0 Å². The summed E-state index contributed by atoms with van der Waals surface area (Å²) in [5.41, 5.74) is 4.85. The molecule has 20 heavy (non-hydrogen) atoms. The van der Waals surface area contributed by atoms with Crippen molar-refractivity contribution in [3.8, 4) is 5.75 Å². The highest BCUT2D eigenvalue weighted by molar-refractivity contribution is 5.37. The summed E-state index contributed by atoms with van der Waals surface area (Å²) >= 11 is 0. The van der Waals surface area contributed by atoms with Crippen molar-refractivity contribution < 1.29 is 5.11 Å². The summed E-state index contributed by atoms with van der Waals surface area (Å²) in [5.74, 6) is 0.367. The fourth-order valence-corrected chi connectivity index (χ4v) is 2.44. The maximum atomic E-state index is 9.93. The molecule has 0 saturated carbocycles. The Morgan fingerprint density at radius 1 is 1.10 bits per heavy atom. The number of hydrogen-bond donors (Lipinski definition) is 2. The first-order valence-electron chi connectivity index (χ1n) is 7.15. The van der Waals surface area contributed by atoms with Gasteiger partial charge in [-0.3, -0.25) is 0 Å². The molecule has 0 amide bonds. The minimum atomic E-state index is 0.152. The van der Waals surface area contributed by atoms with Gasteiger partial charge < -0.3 is 10.4 Å². The fourth-order valence-electron chi connectivity index (χ4n) is 2.44. The summed E-state index contributed by atoms with van der Waals surface area (Å²) in [5, 5.41) is 13.4. The largest absolute Gasteiger partial charge is 0.508 e. The Bertz CT molecular complexity index is 577. The average molecular weight is 269 g/mol. The second-order valence-corrected chi connectivity index (χ2v) is 5.41. The van der Waals surface area contributed by atoms with E-state index in [4.69, 9.17) is 0 Å². The van der Waals surface area contributed by atoms with Gasteiger partial charge in [-0.1, -0.05) is 42.0 Å². The van der Waals surface area contributed by atoms with E-state index in [1.54, 1.807) is 6.07 Å². The van der Waals surface area contributed by atoms with E-state index in [0.29, 0.717) is 5.75 Å². The number of phenolic OH excluding ortho intramolecular Hbond substituents is 1. The number of benzene rings is 2. The molecule has 2 rings (SSSR count). The molecule has 0 spiro atoms. The topological polar surface area (TPSA) is 32.3 Å². The van der Waals surface area contributed by atoms with E-state index in [-0.39, 0.29) is 6.04 Å². The average Bonchev–Trinajstić information content (AvgIpc) is 2.43. The van der Waals surface area contributed by atoms with Crippen LogP contribution in [0.3, 0.4) is 0 Å². The van der Waals surface area contributed by atoms with Crippen molar-refractivity contribution in [2.75, 3.05) is 6.54 Å². The first-order chi connectivity index (χ1) is 9.58. The van der Waals surface area contributed by atoms with Crippen molar-refractivity contribution in [3.63, 3.8) is 0 Å². The molecule has 0 aliphatic rings. The molecule has 2 nitrogen and oxygen atoms in total. The molecule has 106 valence electrons. The van der Waals surface area contributed by atoms with E-state index < -0.39 is 0 Å². The molecular formula is C18H23NO. The molecule has 2 aromatic carbocycles. The summed E-state index contributed by atoms with van der Waals surface area (Å²) in [7, 11) is 0. The molecule has 0 heterocycles. The van der Waals surface area contributed by atoms with Gasteiger partial charge in [0.05, 0.1) is 0 Å². The van der Waals surface area contributed by atoms with E-state index in [1.807, 2.05) is 19.1 Å². The van der Waals surface area contributed by atoms with Crippen LogP contribution in [0.4, 0.5) is 0 Å². The molecule has 2 heteroatoms. The lowest BCUT2D eigenvalue weighted by atomic mass is 10.0. The fraction of sp³-hybridized carbons (Fsp3) is 0.333. The summed E-state index contributed by atoms with van der Waals surface area (Å²) in [6.07, 6.45) is 1.00. The molecule has 0 bridgehead atoms. The first-order valence-corrected chi connectivity index (χ1v) is 7.15. The predicted molar refractivity (Wildman–Crippen MR) is 84.1 cm³/mol. The van der Waals surface area contributed by atoms with Gasteiger partial charge in [0.15, 0.2) is 0 Å². The molecule has 1 unspecified atom stereocenters. The second-order valence-electron chi connectivity index (χ2n) is 5.41. The minimum absolute atomic E-state index is 0.152. The van der Waals surface area contributed by atoms with Crippen LogP contribution in [-0.4, -0.2) is 11.7 Å². The van der Waals surface area contributed by atoms with E-state index >= 15 is 0 Å². The number of nitrogens with one attached hydrogen (secondary N) is 1. The van der Waals surface area contributed by atoms with Crippen LogP contribution >= 0.6 is 0 Å². The summed E-state index contributed by atoms with van der Waals surface area (Å²) in [6.45, 7) is 7.18. The molecule has 0 aliphatic carbocycles. The van der Waals surface area contributed by atoms with Crippen molar-refractivity contribution >= 4 is 0 Å². The van der Waals surface area contributed by atoms with Crippen LogP contribution in [0.25, 0.3) is 0 Å². The van der Waals surface area contributed by atoms with Gasteiger partial charge >= 0.3 is 0 Å². The summed E-state index contributed by atoms with van der Waals surface area (Å²) < 4.78 is 0. The van der Waals surface area contributed by atoms with E-state index in [2.05, 4.69) is 43.4 Å². The molecular weight excluding hydrogens is 246 g/mol. The van der Waals surface area contributed by atoms with Gasteiger partial charge in [-0.15, -0.1) is 0 Å². The molecule has 2 N–H and O–H groups in total. The third-order valence-electron chi connectivity index (χ3n) is 3.76. The minimum Gasteiger partial charge on any atom is -0.508 e. The highest BCUT2D eigenvalue weighted by Crippen LogP contribution is 2.24. The Kier molecular flexibility index (Phi) is 4.80. The van der Waals surface area contributed by atoms with Crippen molar-refractivity contribution in [3.05, 3.63) is 64.7 Å². The lowest BCUT2D eigenvalue weighted by Gasteiger charge is -2.16. The maximum absolute atomic E-state index is 9.93. The van der Waals surface area contributed by atoms with Crippen LogP contribution in [0, 0.1) is 13.8 Å².